The predicted octanol–water partition coefficient (Wildman–Crippen LogP) is 8.98. The number of allylic oxidation sites excluding steroid dienone is 3. The number of fused-ring (bicyclic) bond motifs is 15. The monoisotopic (exact) mass is 465 g/mol. The summed E-state index contributed by atoms with van der Waals surface area (Å²) >= 11 is 1.99. The third-order valence-electron chi connectivity index (χ3n) is 7.89. The molecule has 2 aliphatic rings. The Morgan fingerprint density at radius 3 is 2.54 bits per heavy atom. The van der Waals surface area contributed by atoms with Crippen LogP contribution in [-0.4, -0.2) is 9.65 Å². The summed E-state index contributed by atoms with van der Waals surface area (Å²) < 4.78 is 8.81. The van der Waals surface area contributed by atoms with Crippen LogP contribution in [0.25, 0.3) is 59.9 Å². The second-order valence-electron chi connectivity index (χ2n) is 9.68. The van der Waals surface area contributed by atoms with Crippen LogP contribution in [0.2, 0.25) is 0 Å². The molecular formula is C32H19NOS. The van der Waals surface area contributed by atoms with Gasteiger partial charge in [-0.2, -0.15) is 0 Å². The molecule has 7 aromatic rings. The highest BCUT2D eigenvalue weighted by molar-refractivity contribution is 8.00. The highest BCUT2D eigenvalue weighted by atomic mass is 32.2. The molecule has 0 saturated heterocycles. The second-order valence-corrected chi connectivity index (χ2v) is 10.9. The Balaban J connectivity index is 1.57. The van der Waals surface area contributed by atoms with E-state index in [9.17, 15) is 0 Å². The number of pyridine rings is 1. The van der Waals surface area contributed by atoms with Crippen LogP contribution in [0.1, 0.15) is 11.5 Å². The maximum atomic E-state index is 6.38. The molecule has 164 valence electrons. The molecule has 0 bridgehead atoms. The van der Waals surface area contributed by atoms with Gasteiger partial charge in [0.25, 0.3) is 0 Å². The lowest BCUT2D eigenvalue weighted by molar-refractivity contribution is 0.669. The number of rotatable bonds is 0. The number of hydrogen-bond acceptors (Lipinski definition) is 2. The van der Waals surface area contributed by atoms with Crippen molar-refractivity contribution >= 4 is 71.7 Å². The fourth-order valence-corrected chi connectivity index (χ4v) is 7.76. The number of benzene rings is 4. The maximum absolute atomic E-state index is 6.38. The lowest BCUT2D eigenvalue weighted by Gasteiger charge is -2.18. The Labute approximate surface area is 205 Å². The van der Waals surface area contributed by atoms with Crippen LogP contribution in [0.5, 0.6) is 0 Å². The van der Waals surface area contributed by atoms with Crippen LogP contribution in [-0.2, 0) is 0 Å². The van der Waals surface area contributed by atoms with Gasteiger partial charge in [-0.3, -0.25) is 0 Å². The third-order valence-corrected chi connectivity index (χ3v) is 9.22. The molecule has 4 heterocycles. The van der Waals surface area contributed by atoms with E-state index in [4.69, 9.17) is 4.42 Å². The molecule has 0 saturated carbocycles. The molecule has 2 unspecified atom stereocenters. The molecule has 0 N–H and O–H groups in total. The Kier molecular flexibility index (Phi) is 3.35. The fraction of sp³-hybridized carbons (Fsp3) is 0.0625. The first-order chi connectivity index (χ1) is 17.3. The van der Waals surface area contributed by atoms with E-state index < -0.39 is 0 Å². The number of hydrogen-bond donors (Lipinski definition) is 0. The summed E-state index contributed by atoms with van der Waals surface area (Å²) in [6, 6.07) is 26.4. The molecule has 0 radical (unpaired) electrons. The van der Waals surface area contributed by atoms with Crippen molar-refractivity contribution in [3.05, 3.63) is 109 Å². The molecule has 9 rings (SSSR count). The van der Waals surface area contributed by atoms with Gasteiger partial charge in [-0.05, 0) is 41.3 Å². The average molecular weight is 466 g/mol. The van der Waals surface area contributed by atoms with Crippen LogP contribution in [0.15, 0.2) is 113 Å². The Hall–Kier alpha value is -3.95. The summed E-state index contributed by atoms with van der Waals surface area (Å²) in [6.07, 6.45) is 11.4. The SMILES string of the molecule is C1=CC2Sc3ccc4c(c3C2C=C1)c1cc2oc3ccccc3c2cc1c1c2ccccc2cn41. The van der Waals surface area contributed by atoms with E-state index in [1.165, 1.54) is 59.2 Å². The van der Waals surface area contributed by atoms with Crippen LogP contribution >= 0.6 is 11.8 Å². The highest BCUT2D eigenvalue weighted by Crippen LogP contribution is 2.52. The molecule has 1 aliphatic heterocycles. The van der Waals surface area contributed by atoms with Crippen LogP contribution < -0.4 is 0 Å². The van der Waals surface area contributed by atoms with Gasteiger partial charge in [0.1, 0.15) is 11.2 Å². The van der Waals surface area contributed by atoms with Gasteiger partial charge in [0.2, 0.25) is 0 Å². The molecule has 2 atom stereocenters. The van der Waals surface area contributed by atoms with Crippen molar-refractivity contribution < 1.29 is 4.42 Å². The normalized spacial score (nSPS) is 19.1. The Morgan fingerprint density at radius 2 is 1.57 bits per heavy atom. The third kappa shape index (κ3) is 2.27. The number of para-hydroxylation sites is 1. The number of aromatic nitrogens is 1. The predicted molar refractivity (Wildman–Crippen MR) is 148 cm³/mol. The van der Waals surface area contributed by atoms with Crippen LogP contribution in [0, 0.1) is 0 Å². The lowest BCUT2D eigenvalue weighted by atomic mass is 9.87. The summed E-state index contributed by atoms with van der Waals surface area (Å²) in [6.45, 7) is 0. The van der Waals surface area contributed by atoms with Crippen molar-refractivity contribution in [2.24, 2.45) is 0 Å². The van der Waals surface area contributed by atoms with Crippen molar-refractivity contribution in [3.63, 3.8) is 0 Å². The summed E-state index contributed by atoms with van der Waals surface area (Å²) in [5.41, 5.74) is 5.90. The fourth-order valence-electron chi connectivity index (χ4n) is 6.41. The van der Waals surface area contributed by atoms with Crippen LogP contribution in [0.3, 0.4) is 0 Å². The van der Waals surface area contributed by atoms with Crippen molar-refractivity contribution in [1.82, 2.24) is 4.40 Å². The zero-order valence-electron chi connectivity index (χ0n) is 18.7. The van der Waals surface area contributed by atoms with Gasteiger partial charge >= 0.3 is 0 Å². The number of furan rings is 1. The van der Waals surface area contributed by atoms with Gasteiger partial charge in [0.05, 0.1) is 11.0 Å². The molecule has 3 aromatic heterocycles. The first kappa shape index (κ1) is 18.4. The van der Waals surface area contributed by atoms with Gasteiger partial charge in [0, 0.05) is 54.6 Å². The minimum absolute atomic E-state index is 0.390. The van der Waals surface area contributed by atoms with Crippen LogP contribution in [0.4, 0.5) is 0 Å². The molecule has 2 nitrogen and oxygen atoms in total. The molecule has 3 heteroatoms. The Bertz CT molecular complexity index is 2110. The van der Waals surface area contributed by atoms with Crippen molar-refractivity contribution in [2.75, 3.05) is 0 Å². The van der Waals surface area contributed by atoms with E-state index in [-0.39, 0.29) is 0 Å². The minimum atomic E-state index is 0.390. The number of nitrogens with zero attached hydrogens (tertiary/aromatic N) is 1. The first-order valence-electron chi connectivity index (χ1n) is 12.1. The smallest absolute Gasteiger partial charge is 0.136 e. The van der Waals surface area contributed by atoms with E-state index in [1.807, 2.05) is 17.8 Å². The van der Waals surface area contributed by atoms with E-state index in [0.29, 0.717) is 11.2 Å². The summed E-state index contributed by atoms with van der Waals surface area (Å²) in [5.74, 6) is 0.390. The van der Waals surface area contributed by atoms with Gasteiger partial charge in [0.15, 0.2) is 0 Å². The molecule has 4 aromatic carbocycles. The molecule has 35 heavy (non-hydrogen) atoms. The van der Waals surface area contributed by atoms with Gasteiger partial charge in [-0.15, -0.1) is 11.8 Å². The number of thioether (sulfide) groups is 1. The standard InChI is InChI=1S/C32H19NOS/c1-2-8-19-18(7-1)17-33-25-13-14-29-31(21-10-4-6-12-28(21)35-29)30(25)23-16-27-22(15-24(23)32(19)33)20-9-3-5-11-26(20)34-27/h1-17,21,28H. The maximum Gasteiger partial charge on any atom is 0.136 e. The molecule has 0 amide bonds. The largest absolute Gasteiger partial charge is 0.456 e. The quantitative estimate of drug-likeness (QED) is 0.208. The zero-order valence-corrected chi connectivity index (χ0v) is 19.5. The molecule has 0 spiro atoms. The topological polar surface area (TPSA) is 17.6 Å². The van der Waals surface area contributed by atoms with Gasteiger partial charge in [-0.1, -0.05) is 66.8 Å². The van der Waals surface area contributed by atoms with Gasteiger partial charge in [-0.25, -0.2) is 0 Å². The van der Waals surface area contributed by atoms with E-state index >= 15 is 0 Å². The Morgan fingerprint density at radius 1 is 0.714 bits per heavy atom. The highest BCUT2D eigenvalue weighted by Gasteiger charge is 2.34. The van der Waals surface area contributed by atoms with Crippen molar-refractivity contribution in [1.29, 1.82) is 0 Å². The molecule has 0 fully saturated rings. The van der Waals surface area contributed by atoms with E-state index in [2.05, 4.69) is 102 Å². The minimum Gasteiger partial charge on any atom is -0.456 e. The average Bonchev–Trinajstić information content (AvgIpc) is 3.58. The summed E-state index contributed by atoms with van der Waals surface area (Å²) in [7, 11) is 0. The van der Waals surface area contributed by atoms with E-state index in [0.717, 1.165) is 11.2 Å². The second kappa shape index (κ2) is 6.38. The van der Waals surface area contributed by atoms with Gasteiger partial charge < -0.3 is 8.82 Å². The molecule has 1 aliphatic carbocycles. The van der Waals surface area contributed by atoms with Crippen molar-refractivity contribution in [2.45, 2.75) is 16.1 Å². The van der Waals surface area contributed by atoms with E-state index in [1.54, 1.807) is 0 Å². The first-order valence-corrected chi connectivity index (χ1v) is 13.0. The zero-order chi connectivity index (χ0) is 22.7. The van der Waals surface area contributed by atoms with Crippen molar-refractivity contribution in [3.8, 4) is 0 Å². The molecular weight excluding hydrogens is 446 g/mol. The summed E-state index contributed by atoms with van der Waals surface area (Å²) in [5, 5.41) is 9.30. The lowest BCUT2D eigenvalue weighted by Crippen LogP contribution is -2.07. The summed E-state index contributed by atoms with van der Waals surface area (Å²) in [4.78, 5) is 1.39.